The molecule has 0 saturated carbocycles. The molecule has 0 aliphatic carbocycles. The van der Waals surface area contributed by atoms with Gasteiger partial charge in [-0.3, -0.25) is 0 Å². The summed E-state index contributed by atoms with van der Waals surface area (Å²) < 4.78 is 29.5. The van der Waals surface area contributed by atoms with Crippen LogP contribution in [0.4, 0.5) is 0 Å². The zero-order chi connectivity index (χ0) is 13.3. The highest BCUT2D eigenvalue weighted by atomic mass is 32.2. The molecule has 1 heterocycles. The highest BCUT2D eigenvalue weighted by Gasteiger charge is 1.97. The minimum absolute atomic E-state index is 0.604. The van der Waals surface area contributed by atoms with Crippen LogP contribution in [0.15, 0.2) is 24.5 Å². The van der Waals surface area contributed by atoms with Gasteiger partial charge in [-0.1, -0.05) is 13.3 Å². The van der Waals surface area contributed by atoms with E-state index in [0.717, 1.165) is 6.54 Å². The van der Waals surface area contributed by atoms with Crippen LogP contribution in [0.25, 0.3) is 0 Å². The van der Waals surface area contributed by atoms with Gasteiger partial charge >= 0.3 is 0 Å². The summed E-state index contributed by atoms with van der Waals surface area (Å²) >= 11 is 0. The summed E-state index contributed by atoms with van der Waals surface area (Å²) in [5, 5.41) is 0. The van der Waals surface area contributed by atoms with Crippen molar-refractivity contribution >= 4 is 10.1 Å². The third kappa shape index (κ3) is 13.0. The van der Waals surface area contributed by atoms with Crippen LogP contribution in [0.2, 0.25) is 0 Å². The molecule has 98 valence electrons. The highest BCUT2D eigenvalue weighted by Crippen LogP contribution is 1.94. The van der Waals surface area contributed by atoms with Crippen molar-refractivity contribution in [2.45, 2.75) is 39.7 Å². The lowest BCUT2D eigenvalue weighted by Gasteiger charge is -1.95. The van der Waals surface area contributed by atoms with Crippen LogP contribution in [-0.2, 0) is 16.7 Å². The van der Waals surface area contributed by atoms with Crippen LogP contribution in [0.1, 0.15) is 31.7 Å². The first kappa shape index (κ1) is 16.1. The van der Waals surface area contributed by atoms with Gasteiger partial charge in [0.2, 0.25) is 0 Å². The molecule has 0 radical (unpaired) electrons. The molecular weight excluding hydrogens is 238 g/mol. The maximum atomic E-state index is 9.08. The summed E-state index contributed by atoms with van der Waals surface area (Å²) in [5.41, 5.74) is 1.33. The van der Waals surface area contributed by atoms with Crippen LogP contribution < -0.4 is 4.57 Å². The fourth-order valence-electron chi connectivity index (χ4n) is 1.23. The van der Waals surface area contributed by atoms with E-state index >= 15 is 0 Å². The topological polar surface area (TPSA) is 61.1 Å². The SMILES string of the molecule is CCCCC[n+]1ccc(C)cc1.CS(=O)(=O)[O-]. The average Bonchev–Trinajstić information content (AvgIpc) is 2.19. The number of rotatable bonds is 4. The van der Waals surface area contributed by atoms with Gasteiger partial charge in [-0.15, -0.1) is 0 Å². The number of hydrogen-bond donors (Lipinski definition) is 0. The molecule has 0 N–H and O–H groups in total. The maximum Gasteiger partial charge on any atom is 0.169 e. The standard InChI is InChI=1S/C11H18N.CH4O3S/c1-3-4-5-8-12-9-6-11(2)7-10-12;1-5(2,3)4/h6-7,9-10H,3-5,8H2,1-2H3;1H3,(H,2,3,4)/q+1;/p-1. The molecule has 0 saturated heterocycles. The van der Waals surface area contributed by atoms with Crippen molar-refractivity contribution in [3.63, 3.8) is 0 Å². The summed E-state index contributed by atoms with van der Waals surface area (Å²) in [7, 11) is -3.92. The van der Waals surface area contributed by atoms with E-state index in [4.69, 9.17) is 13.0 Å². The lowest BCUT2D eigenvalue weighted by molar-refractivity contribution is -0.697. The van der Waals surface area contributed by atoms with Gasteiger partial charge in [0.15, 0.2) is 12.4 Å². The molecule has 5 heteroatoms. The summed E-state index contributed by atoms with van der Waals surface area (Å²) in [6.45, 7) is 5.52. The van der Waals surface area contributed by atoms with Crippen molar-refractivity contribution in [3.8, 4) is 0 Å². The second-order valence-corrected chi connectivity index (χ2v) is 5.43. The smallest absolute Gasteiger partial charge is 0.169 e. The third-order valence-electron chi connectivity index (χ3n) is 2.08. The molecule has 17 heavy (non-hydrogen) atoms. The van der Waals surface area contributed by atoms with Gasteiger partial charge in [0.1, 0.15) is 6.54 Å². The van der Waals surface area contributed by atoms with Crippen molar-refractivity contribution in [1.82, 2.24) is 0 Å². The third-order valence-corrected chi connectivity index (χ3v) is 2.08. The Kier molecular flexibility index (Phi) is 7.74. The van der Waals surface area contributed by atoms with E-state index in [1.54, 1.807) is 0 Å². The lowest BCUT2D eigenvalue weighted by atomic mass is 10.2. The number of pyridine rings is 1. The Morgan fingerprint density at radius 3 is 2.12 bits per heavy atom. The first-order valence-corrected chi connectivity index (χ1v) is 7.51. The Balaban J connectivity index is 0.000000437. The van der Waals surface area contributed by atoms with Crippen molar-refractivity contribution < 1.29 is 17.5 Å². The van der Waals surface area contributed by atoms with Crippen molar-refractivity contribution in [2.24, 2.45) is 0 Å². The average molecular weight is 259 g/mol. The van der Waals surface area contributed by atoms with E-state index in [0.29, 0.717) is 6.26 Å². The molecule has 0 bridgehead atoms. The van der Waals surface area contributed by atoms with E-state index in [1.807, 2.05) is 0 Å². The number of unbranched alkanes of at least 4 members (excludes halogenated alkanes) is 2. The maximum absolute atomic E-state index is 9.08. The molecule has 0 aromatic carbocycles. The van der Waals surface area contributed by atoms with E-state index in [-0.39, 0.29) is 0 Å². The van der Waals surface area contributed by atoms with Gasteiger partial charge in [0.05, 0.1) is 10.1 Å². The van der Waals surface area contributed by atoms with Gasteiger partial charge in [0, 0.05) is 24.8 Å². The highest BCUT2D eigenvalue weighted by molar-refractivity contribution is 7.84. The fraction of sp³-hybridized carbons (Fsp3) is 0.583. The predicted octanol–water partition coefficient (Wildman–Crippen LogP) is 1.63. The zero-order valence-electron chi connectivity index (χ0n) is 10.7. The van der Waals surface area contributed by atoms with Crippen LogP contribution in [0.5, 0.6) is 0 Å². The quantitative estimate of drug-likeness (QED) is 0.469. The van der Waals surface area contributed by atoms with E-state index in [1.165, 1.54) is 24.8 Å². The number of nitrogens with zero attached hydrogens (tertiary/aromatic N) is 1. The van der Waals surface area contributed by atoms with E-state index in [9.17, 15) is 0 Å². The molecular formula is C12H21NO3S. The number of aryl methyl sites for hydroxylation is 2. The second-order valence-electron chi connectivity index (χ2n) is 4.02. The molecule has 0 amide bonds. The Bertz CT molecular complexity index is 390. The Morgan fingerprint density at radius 1 is 1.24 bits per heavy atom. The Hall–Kier alpha value is -0.940. The molecule has 1 rings (SSSR count). The van der Waals surface area contributed by atoms with Gasteiger partial charge in [-0.25, -0.2) is 13.0 Å². The van der Waals surface area contributed by atoms with Crippen molar-refractivity contribution in [1.29, 1.82) is 0 Å². The van der Waals surface area contributed by atoms with Crippen LogP contribution in [0.3, 0.4) is 0 Å². The Morgan fingerprint density at radius 2 is 1.71 bits per heavy atom. The normalized spacial score (nSPS) is 10.6. The summed E-state index contributed by atoms with van der Waals surface area (Å²) in [6, 6.07) is 4.32. The second kappa shape index (κ2) is 8.20. The number of hydrogen-bond acceptors (Lipinski definition) is 3. The molecule has 0 aliphatic heterocycles. The van der Waals surface area contributed by atoms with Crippen LogP contribution in [-0.4, -0.2) is 19.2 Å². The first-order chi connectivity index (χ1) is 7.83. The Labute approximate surface area is 104 Å². The van der Waals surface area contributed by atoms with E-state index < -0.39 is 10.1 Å². The molecule has 0 fully saturated rings. The molecule has 0 spiro atoms. The van der Waals surface area contributed by atoms with Crippen molar-refractivity contribution in [3.05, 3.63) is 30.1 Å². The number of aromatic nitrogens is 1. The molecule has 4 nitrogen and oxygen atoms in total. The van der Waals surface area contributed by atoms with E-state index in [2.05, 4.69) is 42.9 Å². The minimum Gasteiger partial charge on any atom is -0.748 e. The zero-order valence-corrected chi connectivity index (χ0v) is 11.5. The summed E-state index contributed by atoms with van der Waals surface area (Å²) in [4.78, 5) is 0. The molecule has 0 unspecified atom stereocenters. The van der Waals surface area contributed by atoms with Gasteiger partial charge < -0.3 is 4.55 Å². The van der Waals surface area contributed by atoms with Crippen LogP contribution >= 0.6 is 0 Å². The monoisotopic (exact) mass is 259 g/mol. The first-order valence-electron chi connectivity index (χ1n) is 5.69. The summed E-state index contributed by atoms with van der Waals surface area (Å²) in [6.07, 6.45) is 8.85. The fourth-order valence-corrected chi connectivity index (χ4v) is 1.23. The van der Waals surface area contributed by atoms with Gasteiger partial charge in [-0.05, 0) is 18.9 Å². The summed E-state index contributed by atoms with van der Waals surface area (Å²) in [5.74, 6) is 0. The van der Waals surface area contributed by atoms with Gasteiger partial charge in [0.25, 0.3) is 0 Å². The molecule has 0 aliphatic rings. The largest absolute Gasteiger partial charge is 0.748 e. The minimum atomic E-state index is -3.92. The molecule has 1 aromatic heterocycles. The molecule has 0 atom stereocenters. The predicted molar refractivity (Wildman–Crippen MR) is 66.5 cm³/mol. The molecule has 1 aromatic rings. The van der Waals surface area contributed by atoms with Crippen LogP contribution in [0, 0.1) is 6.92 Å². The van der Waals surface area contributed by atoms with Crippen molar-refractivity contribution in [2.75, 3.05) is 6.26 Å². The lowest BCUT2D eigenvalue weighted by Crippen LogP contribution is -2.32. The van der Waals surface area contributed by atoms with Gasteiger partial charge in [-0.2, -0.15) is 0 Å².